The van der Waals surface area contributed by atoms with Gasteiger partial charge in [-0.25, -0.2) is 4.98 Å². The van der Waals surface area contributed by atoms with Gasteiger partial charge < -0.3 is 10.3 Å². The van der Waals surface area contributed by atoms with Crippen molar-refractivity contribution in [2.75, 3.05) is 0 Å². The molecule has 0 aliphatic rings. The average Bonchev–Trinajstić information content (AvgIpc) is 2.88. The van der Waals surface area contributed by atoms with Crippen LogP contribution in [-0.4, -0.2) is 20.8 Å². The highest BCUT2D eigenvalue weighted by molar-refractivity contribution is 6.31. The van der Waals surface area contributed by atoms with Gasteiger partial charge in [-0.05, 0) is 12.1 Å². The number of H-pyrrole nitrogens is 1. The van der Waals surface area contributed by atoms with E-state index >= 15 is 0 Å². The number of benzene rings is 1. The maximum atomic E-state index is 11.9. The normalized spacial score (nSPS) is 10.2. The molecule has 0 bridgehead atoms. The summed E-state index contributed by atoms with van der Waals surface area (Å²) in [5.41, 5.74) is -0.370. The molecule has 2 aromatic rings. The summed E-state index contributed by atoms with van der Waals surface area (Å²) in [6.45, 7) is 0.158. The lowest BCUT2D eigenvalue weighted by atomic mass is 10.1. The molecule has 1 aromatic carbocycles. The van der Waals surface area contributed by atoms with E-state index < -0.39 is 10.8 Å². The van der Waals surface area contributed by atoms with Crippen molar-refractivity contribution in [2.24, 2.45) is 0 Å². The van der Waals surface area contributed by atoms with E-state index in [1.54, 1.807) is 12.4 Å². The summed E-state index contributed by atoms with van der Waals surface area (Å²) >= 11 is 5.67. The lowest BCUT2D eigenvalue weighted by Crippen LogP contribution is -2.24. The Labute approximate surface area is 112 Å². The molecule has 1 amide bonds. The number of amides is 1. The Balaban J connectivity index is 2.16. The van der Waals surface area contributed by atoms with Gasteiger partial charge >= 0.3 is 0 Å². The van der Waals surface area contributed by atoms with Crippen molar-refractivity contribution in [3.05, 3.63) is 57.1 Å². The fourth-order valence-electron chi connectivity index (χ4n) is 1.50. The molecular weight excluding hydrogens is 272 g/mol. The van der Waals surface area contributed by atoms with Crippen LogP contribution in [0.1, 0.15) is 16.2 Å². The average molecular weight is 281 g/mol. The fourth-order valence-corrected chi connectivity index (χ4v) is 1.67. The van der Waals surface area contributed by atoms with Gasteiger partial charge in [0.05, 0.1) is 11.5 Å². The lowest BCUT2D eigenvalue weighted by molar-refractivity contribution is -0.385. The maximum absolute atomic E-state index is 11.9. The van der Waals surface area contributed by atoms with Crippen LogP contribution in [-0.2, 0) is 6.54 Å². The zero-order valence-electron chi connectivity index (χ0n) is 9.59. The number of nitrogens with zero attached hydrogens (tertiary/aromatic N) is 2. The summed E-state index contributed by atoms with van der Waals surface area (Å²) in [4.78, 5) is 28.8. The van der Waals surface area contributed by atoms with Crippen LogP contribution < -0.4 is 5.32 Å². The van der Waals surface area contributed by atoms with E-state index in [0.29, 0.717) is 5.82 Å². The molecule has 0 atom stereocenters. The van der Waals surface area contributed by atoms with Gasteiger partial charge in [0.2, 0.25) is 0 Å². The number of hydrogen-bond donors (Lipinski definition) is 2. The molecule has 19 heavy (non-hydrogen) atoms. The Kier molecular flexibility index (Phi) is 3.76. The highest BCUT2D eigenvalue weighted by Crippen LogP contribution is 2.23. The highest BCUT2D eigenvalue weighted by Gasteiger charge is 2.20. The molecule has 0 aliphatic heterocycles. The second-order valence-corrected chi connectivity index (χ2v) is 4.07. The second-order valence-electron chi connectivity index (χ2n) is 3.64. The van der Waals surface area contributed by atoms with Crippen LogP contribution in [0.5, 0.6) is 0 Å². The van der Waals surface area contributed by atoms with Crippen molar-refractivity contribution >= 4 is 23.2 Å². The van der Waals surface area contributed by atoms with Gasteiger partial charge in [-0.3, -0.25) is 14.9 Å². The quantitative estimate of drug-likeness (QED) is 0.659. The summed E-state index contributed by atoms with van der Waals surface area (Å²) < 4.78 is 0. The zero-order chi connectivity index (χ0) is 13.8. The number of nitro groups is 1. The summed E-state index contributed by atoms with van der Waals surface area (Å²) in [7, 11) is 0. The van der Waals surface area contributed by atoms with Crippen molar-refractivity contribution in [1.82, 2.24) is 15.3 Å². The lowest BCUT2D eigenvalue weighted by Gasteiger charge is -2.04. The predicted molar refractivity (Wildman–Crippen MR) is 67.9 cm³/mol. The molecule has 1 heterocycles. The largest absolute Gasteiger partial charge is 0.347 e. The van der Waals surface area contributed by atoms with E-state index in [9.17, 15) is 14.9 Å². The minimum atomic E-state index is -0.645. The Morgan fingerprint density at radius 3 is 2.95 bits per heavy atom. The van der Waals surface area contributed by atoms with Crippen LogP contribution in [0.4, 0.5) is 5.69 Å². The van der Waals surface area contributed by atoms with E-state index in [2.05, 4.69) is 15.3 Å². The second kappa shape index (κ2) is 5.49. The summed E-state index contributed by atoms with van der Waals surface area (Å²) in [6.07, 6.45) is 3.17. The van der Waals surface area contributed by atoms with E-state index in [4.69, 9.17) is 11.6 Å². The third-order valence-electron chi connectivity index (χ3n) is 2.37. The van der Waals surface area contributed by atoms with Crippen LogP contribution >= 0.6 is 11.6 Å². The minimum absolute atomic E-state index is 0.0408. The first-order valence-electron chi connectivity index (χ1n) is 5.28. The van der Waals surface area contributed by atoms with Gasteiger partial charge in [0.15, 0.2) is 0 Å². The molecule has 0 fully saturated rings. The number of imidazole rings is 1. The molecule has 1 aromatic heterocycles. The van der Waals surface area contributed by atoms with E-state index in [-0.39, 0.29) is 22.8 Å². The number of hydrogen-bond acceptors (Lipinski definition) is 4. The van der Waals surface area contributed by atoms with Crippen LogP contribution in [0.15, 0.2) is 30.6 Å². The van der Waals surface area contributed by atoms with Crippen molar-refractivity contribution in [3.63, 3.8) is 0 Å². The van der Waals surface area contributed by atoms with Gasteiger partial charge in [-0.1, -0.05) is 11.6 Å². The number of aromatic amines is 1. The summed E-state index contributed by atoms with van der Waals surface area (Å²) in [5, 5.41) is 13.6. The molecule has 0 saturated heterocycles. The Morgan fingerprint density at radius 2 is 2.32 bits per heavy atom. The van der Waals surface area contributed by atoms with Crippen molar-refractivity contribution in [3.8, 4) is 0 Å². The number of carbonyl (C=O) groups excluding carboxylic acids is 1. The number of nitrogens with one attached hydrogen (secondary N) is 2. The SMILES string of the molecule is O=C(NCc1ncc[nH]1)c1ccc(Cl)cc1[N+](=O)[O-]. The molecule has 0 spiro atoms. The van der Waals surface area contributed by atoms with Crippen LogP contribution in [0.2, 0.25) is 5.02 Å². The van der Waals surface area contributed by atoms with Gasteiger partial charge in [-0.15, -0.1) is 0 Å². The molecular formula is C11H9ClN4O3. The monoisotopic (exact) mass is 280 g/mol. The number of halogens is 1. The number of aromatic nitrogens is 2. The Bertz CT molecular complexity index is 612. The van der Waals surface area contributed by atoms with E-state index in [1.165, 1.54) is 12.1 Å². The minimum Gasteiger partial charge on any atom is -0.347 e. The maximum Gasteiger partial charge on any atom is 0.283 e. The van der Waals surface area contributed by atoms with Crippen molar-refractivity contribution in [2.45, 2.75) is 6.54 Å². The van der Waals surface area contributed by atoms with Crippen molar-refractivity contribution < 1.29 is 9.72 Å². The number of rotatable bonds is 4. The molecule has 0 aliphatic carbocycles. The van der Waals surface area contributed by atoms with Crippen LogP contribution in [0.25, 0.3) is 0 Å². The van der Waals surface area contributed by atoms with Crippen LogP contribution in [0.3, 0.4) is 0 Å². The molecule has 0 radical (unpaired) electrons. The molecule has 8 heteroatoms. The first kappa shape index (κ1) is 13.0. The molecule has 0 unspecified atom stereocenters. The van der Waals surface area contributed by atoms with Gasteiger partial charge in [-0.2, -0.15) is 0 Å². The van der Waals surface area contributed by atoms with Gasteiger partial charge in [0.25, 0.3) is 11.6 Å². The Morgan fingerprint density at radius 1 is 1.53 bits per heavy atom. The first-order valence-corrected chi connectivity index (χ1v) is 5.66. The topological polar surface area (TPSA) is 101 Å². The highest BCUT2D eigenvalue weighted by atomic mass is 35.5. The van der Waals surface area contributed by atoms with E-state index in [1.807, 2.05) is 0 Å². The summed E-state index contributed by atoms with van der Waals surface area (Å²) in [6, 6.07) is 3.89. The molecule has 98 valence electrons. The third-order valence-corrected chi connectivity index (χ3v) is 2.61. The number of carbonyl (C=O) groups is 1. The summed E-state index contributed by atoms with van der Waals surface area (Å²) in [5.74, 6) is 0.00438. The van der Waals surface area contributed by atoms with Crippen molar-refractivity contribution in [1.29, 1.82) is 0 Å². The first-order chi connectivity index (χ1) is 9.08. The van der Waals surface area contributed by atoms with Gasteiger partial charge in [0.1, 0.15) is 11.4 Å². The molecule has 2 rings (SSSR count). The Hall–Kier alpha value is -2.41. The van der Waals surface area contributed by atoms with E-state index in [0.717, 1.165) is 6.07 Å². The molecule has 7 nitrogen and oxygen atoms in total. The van der Waals surface area contributed by atoms with Crippen LogP contribution in [0, 0.1) is 10.1 Å². The zero-order valence-corrected chi connectivity index (χ0v) is 10.3. The smallest absolute Gasteiger partial charge is 0.283 e. The molecule has 0 saturated carbocycles. The molecule has 2 N–H and O–H groups in total. The fraction of sp³-hybridized carbons (Fsp3) is 0.0909. The predicted octanol–water partition coefficient (Wildman–Crippen LogP) is 1.90. The standard InChI is InChI=1S/C11H9ClN4O3/c12-7-1-2-8(9(5-7)16(18)19)11(17)15-6-10-13-3-4-14-10/h1-5H,6H2,(H,13,14)(H,15,17). The third kappa shape index (κ3) is 3.08. The van der Waals surface area contributed by atoms with Gasteiger partial charge in [0, 0.05) is 23.5 Å². The number of nitro benzene ring substituents is 1.